The molecule has 0 spiro atoms. The third-order valence-electron chi connectivity index (χ3n) is 2.80. The van der Waals surface area contributed by atoms with Gasteiger partial charge in [0.15, 0.2) is 0 Å². The van der Waals surface area contributed by atoms with Gasteiger partial charge >= 0.3 is 5.97 Å². The van der Waals surface area contributed by atoms with Gasteiger partial charge in [0.2, 0.25) is 0 Å². The van der Waals surface area contributed by atoms with Gasteiger partial charge in [-0.05, 0) is 20.3 Å². The number of aliphatic carboxylic acids is 1. The van der Waals surface area contributed by atoms with Crippen molar-refractivity contribution in [3.63, 3.8) is 0 Å². The van der Waals surface area contributed by atoms with Crippen molar-refractivity contribution in [2.75, 3.05) is 6.54 Å². The van der Waals surface area contributed by atoms with Gasteiger partial charge in [0, 0.05) is 12.2 Å². The van der Waals surface area contributed by atoms with Crippen molar-refractivity contribution in [1.82, 2.24) is 5.32 Å². The van der Waals surface area contributed by atoms with Gasteiger partial charge in [-0.25, -0.2) is 4.79 Å². The summed E-state index contributed by atoms with van der Waals surface area (Å²) in [5.74, 6) is -0.840. The maximum atomic E-state index is 10.6. The number of carbonyl (C=O) groups is 1. The number of hydrogen-bond donors (Lipinski definition) is 2. The van der Waals surface area contributed by atoms with Crippen LogP contribution in [0.5, 0.6) is 0 Å². The number of unbranched alkanes of at least 4 members (excludes halogenated alkanes) is 5. The first-order valence-electron chi connectivity index (χ1n) is 6.24. The maximum Gasteiger partial charge on any atom is 0.333 e. The second-order valence-electron chi connectivity index (χ2n) is 4.25. The first kappa shape index (κ1) is 15.0. The third-order valence-corrected chi connectivity index (χ3v) is 2.80. The molecule has 0 aromatic carbocycles. The van der Waals surface area contributed by atoms with Crippen LogP contribution in [0.25, 0.3) is 0 Å². The van der Waals surface area contributed by atoms with Crippen LogP contribution in [0.4, 0.5) is 0 Å². The molecule has 0 aliphatic heterocycles. The van der Waals surface area contributed by atoms with E-state index in [1.807, 2.05) is 6.92 Å². The second-order valence-corrected chi connectivity index (χ2v) is 4.25. The molecule has 0 aliphatic rings. The SMILES string of the molecule is CCCCCCCCN/C(C)=C(\C)C(=O)O. The lowest BCUT2D eigenvalue weighted by Crippen LogP contribution is -2.16. The molecule has 0 atom stereocenters. The van der Waals surface area contributed by atoms with Crippen molar-refractivity contribution in [3.8, 4) is 0 Å². The molecule has 0 saturated heterocycles. The molecule has 0 bridgehead atoms. The van der Waals surface area contributed by atoms with Crippen molar-refractivity contribution < 1.29 is 9.90 Å². The lowest BCUT2D eigenvalue weighted by atomic mass is 10.1. The zero-order chi connectivity index (χ0) is 12.4. The Morgan fingerprint density at radius 3 is 2.19 bits per heavy atom. The number of allylic oxidation sites excluding steroid dienone is 1. The van der Waals surface area contributed by atoms with Crippen LogP contribution in [0.15, 0.2) is 11.3 Å². The maximum absolute atomic E-state index is 10.6. The van der Waals surface area contributed by atoms with Crippen LogP contribution < -0.4 is 5.32 Å². The third kappa shape index (κ3) is 7.32. The van der Waals surface area contributed by atoms with Crippen LogP contribution >= 0.6 is 0 Å². The lowest BCUT2D eigenvalue weighted by molar-refractivity contribution is -0.132. The summed E-state index contributed by atoms with van der Waals surface area (Å²) in [4.78, 5) is 10.6. The summed E-state index contributed by atoms with van der Waals surface area (Å²) in [6.07, 6.45) is 7.55. The monoisotopic (exact) mass is 227 g/mol. The van der Waals surface area contributed by atoms with Crippen LogP contribution in [-0.4, -0.2) is 17.6 Å². The molecule has 0 heterocycles. The van der Waals surface area contributed by atoms with E-state index in [1.165, 1.54) is 32.1 Å². The molecule has 16 heavy (non-hydrogen) atoms. The Labute approximate surface area is 98.9 Å². The molecule has 0 saturated carbocycles. The zero-order valence-corrected chi connectivity index (χ0v) is 10.8. The number of carboxylic acid groups (broad SMARTS) is 1. The van der Waals surface area contributed by atoms with E-state index in [0.717, 1.165) is 18.7 Å². The Morgan fingerprint density at radius 1 is 1.06 bits per heavy atom. The standard InChI is InChI=1S/C13H25NO2/c1-4-5-6-7-8-9-10-14-12(3)11(2)13(15)16/h14H,4-10H2,1-3H3,(H,15,16)/b12-11+. The quantitative estimate of drug-likeness (QED) is 0.469. The summed E-state index contributed by atoms with van der Waals surface area (Å²) in [7, 11) is 0. The van der Waals surface area contributed by atoms with Gasteiger partial charge < -0.3 is 10.4 Å². The molecule has 0 aromatic heterocycles. The molecule has 3 heteroatoms. The van der Waals surface area contributed by atoms with Crippen molar-refractivity contribution >= 4 is 5.97 Å². The normalized spacial score (nSPS) is 12.2. The van der Waals surface area contributed by atoms with Gasteiger partial charge in [0.1, 0.15) is 0 Å². The number of rotatable bonds is 9. The Morgan fingerprint density at radius 2 is 1.62 bits per heavy atom. The minimum absolute atomic E-state index is 0.408. The van der Waals surface area contributed by atoms with E-state index < -0.39 is 5.97 Å². The van der Waals surface area contributed by atoms with Crippen molar-refractivity contribution in [3.05, 3.63) is 11.3 Å². The van der Waals surface area contributed by atoms with E-state index in [9.17, 15) is 4.79 Å². The molecule has 94 valence electrons. The van der Waals surface area contributed by atoms with Crippen LogP contribution in [0, 0.1) is 0 Å². The molecule has 0 aliphatic carbocycles. The summed E-state index contributed by atoms with van der Waals surface area (Å²) < 4.78 is 0. The largest absolute Gasteiger partial charge is 0.478 e. The van der Waals surface area contributed by atoms with E-state index in [0.29, 0.717) is 5.57 Å². The number of nitrogens with one attached hydrogen (secondary N) is 1. The van der Waals surface area contributed by atoms with Crippen LogP contribution in [-0.2, 0) is 4.79 Å². The number of hydrogen-bond acceptors (Lipinski definition) is 2. The molecule has 0 rings (SSSR count). The highest BCUT2D eigenvalue weighted by Gasteiger charge is 2.03. The van der Waals surface area contributed by atoms with Gasteiger partial charge in [-0.15, -0.1) is 0 Å². The first-order chi connectivity index (χ1) is 7.59. The van der Waals surface area contributed by atoms with Crippen LogP contribution in [0.3, 0.4) is 0 Å². The average molecular weight is 227 g/mol. The summed E-state index contributed by atoms with van der Waals surface area (Å²) >= 11 is 0. The molecule has 3 nitrogen and oxygen atoms in total. The molecule has 0 aromatic rings. The summed E-state index contributed by atoms with van der Waals surface area (Å²) in [5, 5.41) is 11.9. The highest BCUT2D eigenvalue weighted by Crippen LogP contribution is 2.05. The fraction of sp³-hybridized carbons (Fsp3) is 0.769. The van der Waals surface area contributed by atoms with Gasteiger partial charge in [-0.3, -0.25) is 0 Å². The van der Waals surface area contributed by atoms with Gasteiger partial charge in [0.25, 0.3) is 0 Å². The van der Waals surface area contributed by atoms with Crippen molar-refractivity contribution in [2.24, 2.45) is 0 Å². The summed E-state index contributed by atoms with van der Waals surface area (Å²) in [6.45, 7) is 6.54. The predicted molar refractivity (Wildman–Crippen MR) is 67.4 cm³/mol. The smallest absolute Gasteiger partial charge is 0.333 e. The van der Waals surface area contributed by atoms with Gasteiger partial charge in [-0.1, -0.05) is 39.0 Å². The minimum atomic E-state index is -0.840. The Kier molecular flexibility index (Phi) is 8.68. The molecule has 0 fully saturated rings. The Hall–Kier alpha value is -0.990. The molecular formula is C13H25NO2. The first-order valence-corrected chi connectivity index (χ1v) is 6.24. The lowest BCUT2D eigenvalue weighted by Gasteiger charge is -2.08. The van der Waals surface area contributed by atoms with E-state index in [1.54, 1.807) is 6.92 Å². The second kappa shape index (κ2) is 9.25. The Bertz CT molecular complexity index is 234. The Balaban J connectivity index is 3.52. The molecular weight excluding hydrogens is 202 g/mol. The summed E-state index contributed by atoms with van der Waals surface area (Å²) in [6, 6.07) is 0. The fourth-order valence-corrected chi connectivity index (χ4v) is 1.47. The van der Waals surface area contributed by atoms with E-state index in [4.69, 9.17) is 5.11 Å². The average Bonchev–Trinajstić information content (AvgIpc) is 2.26. The molecule has 0 amide bonds. The van der Waals surface area contributed by atoms with Crippen LogP contribution in [0.2, 0.25) is 0 Å². The van der Waals surface area contributed by atoms with E-state index in [-0.39, 0.29) is 0 Å². The topological polar surface area (TPSA) is 49.3 Å². The zero-order valence-electron chi connectivity index (χ0n) is 10.8. The number of carboxylic acids is 1. The van der Waals surface area contributed by atoms with Crippen molar-refractivity contribution in [2.45, 2.75) is 59.3 Å². The van der Waals surface area contributed by atoms with Crippen molar-refractivity contribution in [1.29, 1.82) is 0 Å². The van der Waals surface area contributed by atoms with Gasteiger partial charge in [0.05, 0.1) is 5.57 Å². The molecule has 0 unspecified atom stereocenters. The predicted octanol–water partition coefficient (Wildman–Crippen LogP) is 3.32. The highest BCUT2D eigenvalue weighted by molar-refractivity contribution is 5.86. The fourth-order valence-electron chi connectivity index (χ4n) is 1.47. The van der Waals surface area contributed by atoms with E-state index >= 15 is 0 Å². The summed E-state index contributed by atoms with van der Waals surface area (Å²) in [5.41, 5.74) is 1.19. The molecule has 0 radical (unpaired) electrons. The van der Waals surface area contributed by atoms with Crippen LogP contribution in [0.1, 0.15) is 59.3 Å². The van der Waals surface area contributed by atoms with E-state index in [2.05, 4.69) is 12.2 Å². The van der Waals surface area contributed by atoms with Gasteiger partial charge in [-0.2, -0.15) is 0 Å². The molecule has 2 N–H and O–H groups in total. The highest BCUT2D eigenvalue weighted by atomic mass is 16.4. The minimum Gasteiger partial charge on any atom is -0.478 e.